The molecule has 0 N–H and O–H groups in total. The summed E-state index contributed by atoms with van der Waals surface area (Å²) in [5.41, 5.74) is 2.05. The van der Waals surface area contributed by atoms with E-state index < -0.39 is 0 Å². The molecule has 0 atom stereocenters. The maximum Gasteiger partial charge on any atom is 0.163 e. The van der Waals surface area contributed by atoms with Crippen LogP contribution in [0.15, 0.2) is 18.2 Å². The molecule has 0 aromatic heterocycles. The molecule has 80 valence electrons. The summed E-state index contributed by atoms with van der Waals surface area (Å²) in [6.07, 6.45) is 3.69. The lowest BCUT2D eigenvalue weighted by atomic mass is 9.91. The number of fused-ring (bicyclic) bond motifs is 1. The first-order chi connectivity index (χ1) is 7.31. The largest absolute Gasteiger partial charge is 0.494 e. The van der Waals surface area contributed by atoms with Gasteiger partial charge in [0, 0.05) is 12.0 Å². The van der Waals surface area contributed by atoms with Crippen molar-refractivity contribution in [3.8, 4) is 5.75 Å². The quantitative estimate of drug-likeness (QED) is 0.756. The molecule has 15 heavy (non-hydrogen) atoms. The normalized spacial score (nSPS) is 14.9. The third-order valence-corrected chi connectivity index (χ3v) is 2.70. The Hall–Kier alpha value is -1.31. The molecular formula is C13H16O2. The van der Waals surface area contributed by atoms with Crippen molar-refractivity contribution in [2.24, 2.45) is 0 Å². The van der Waals surface area contributed by atoms with Gasteiger partial charge in [0.1, 0.15) is 5.75 Å². The highest BCUT2D eigenvalue weighted by molar-refractivity contribution is 5.98. The van der Waals surface area contributed by atoms with Crippen LogP contribution in [-0.2, 0) is 6.42 Å². The van der Waals surface area contributed by atoms with Gasteiger partial charge in [-0.15, -0.1) is 0 Å². The molecule has 0 saturated heterocycles. The number of benzene rings is 1. The zero-order chi connectivity index (χ0) is 10.7. The lowest BCUT2D eigenvalue weighted by molar-refractivity contribution is 0.0972. The van der Waals surface area contributed by atoms with E-state index in [1.54, 1.807) is 0 Å². The second-order valence-corrected chi connectivity index (χ2v) is 3.94. The van der Waals surface area contributed by atoms with E-state index in [2.05, 4.69) is 6.92 Å². The van der Waals surface area contributed by atoms with Crippen LogP contribution in [0.4, 0.5) is 0 Å². The Morgan fingerprint density at radius 1 is 1.33 bits per heavy atom. The Kier molecular flexibility index (Phi) is 3.05. The van der Waals surface area contributed by atoms with Gasteiger partial charge in [0.25, 0.3) is 0 Å². The van der Waals surface area contributed by atoms with Crippen molar-refractivity contribution in [3.05, 3.63) is 29.3 Å². The van der Waals surface area contributed by atoms with Crippen molar-refractivity contribution in [2.75, 3.05) is 6.61 Å². The Labute approximate surface area is 90.3 Å². The summed E-state index contributed by atoms with van der Waals surface area (Å²) in [5.74, 6) is 1.17. The van der Waals surface area contributed by atoms with E-state index in [1.165, 1.54) is 0 Å². The van der Waals surface area contributed by atoms with Crippen molar-refractivity contribution in [1.29, 1.82) is 0 Å². The number of ether oxygens (including phenoxy) is 1. The second kappa shape index (κ2) is 4.47. The zero-order valence-corrected chi connectivity index (χ0v) is 9.08. The van der Waals surface area contributed by atoms with E-state index in [1.807, 2.05) is 18.2 Å². The predicted octanol–water partition coefficient (Wildman–Crippen LogP) is 2.99. The summed E-state index contributed by atoms with van der Waals surface area (Å²) in [6, 6.07) is 5.82. The molecule has 0 fully saturated rings. The van der Waals surface area contributed by atoms with Gasteiger partial charge in [0.2, 0.25) is 0 Å². The number of aryl methyl sites for hydroxylation is 1. The summed E-state index contributed by atoms with van der Waals surface area (Å²) in [4.78, 5) is 11.6. The molecule has 2 heteroatoms. The number of ketones is 1. The van der Waals surface area contributed by atoms with Gasteiger partial charge in [0.15, 0.2) is 5.78 Å². The lowest BCUT2D eigenvalue weighted by Crippen LogP contribution is -2.10. The van der Waals surface area contributed by atoms with Crippen LogP contribution in [0.25, 0.3) is 0 Å². The summed E-state index contributed by atoms with van der Waals surface area (Å²) < 4.78 is 5.55. The van der Waals surface area contributed by atoms with Gasteiger partial charge in [-0.3, -0.25) is 4.79 Å². The smallest absolute Gasteiger partial charge is 0.163 e. The molecule has 0 heterocycles. The zero-order valence-electron chi connectivity index (χ0n) is 9.08. The summed E-state index contributed by atoms with van der Waals surface area (Å²) in [5, 5.41) is 0. The van der Waals surface area contributed by atoms with Crippen LogP contribution < -0.4 is 4.74 Å². The third-order valence-electron chi connectivity index (χ3n) is 2.70. The van der Waals surface area contributed by atoms with Gasteiger partial charge < -0.3 is 4.74 Å². The van der Waals surface area contributed by atoms with Crippen LogP contribution in [0.1, 0.15) is 42.1 Å². The molecule has 1 aliphatic rings. The standard InChI is InChI=1S/C13H16O2/c1-2-8-15-11-6-7-12-10(9-11)4-3-5-13(12)14/h6-7,9H,2-5,8H2,1H3. The average Bonchev–Trinajstić information content (AvgIpc) is 2.26. The van der Waals surface area contributed by atoms with Crippen LogP contribution >= 0.6 is 0 Å². The summed E-state index contributed by atoms with van der Waals surface area (Å²) in [6.45, 7) is 2.83. The van der Waals surface area contributed by atoms with Gasteiger partial charge >= 0.3 is 0 Å². The highest BCUT2D eigenvalue weighted by atomic mass is 16.5. The van der Waals surface area contributed by atoms with Gasteiger partial charge in [-0.25, -0.2) is 0 Å². The molecule has 0 saturated carbocycles. The first kappa shape index (κ1) is 10.2. The van der Waals surface area contributed by atoms with Gasteiger partial charge in [0.05, 0.1) is 6.61 Å². The Morgan fingerprint density at radius 2 is 2.20 bits per heavy atom. The molecule has 1 aromatic rings. The van der Waals surface area contributed by atoms with Gasteiger partial charge in [-0.2, -0.15) is 0 Å². The van der Waals surface area contributed by atoms with Gasteiger partial charge in [-0.05, 0) is 43.0 Å². The lowest BCUT2D eigenvalue weighted by Gasteiger charge is -2.15. The fourth-order valence-electron chi connectivity index (χ4n) is 1.93. The molecule has 0 spiro atoms. The Balaban J connectivity index is 2.21. The fraction of sp³-hybridized carbons (Fsp3) is 0.462. The highest BCUT2D eigenvalue weighted by Gasteiger charge is 2.17. The van der Waals surface area contributed by atoms with E-state index in [0.29, 0.717) is 6.42 Å². The van der Waals surface area contributed by atoms with Crippen molar-refractivity contribution < 1.29 is 9.53 Å². The van der Waals surface area contributed by atoms with Gasteiger partial charge in [-0.1, -0.05) is 6.92 Å². The maximum atomic E-state index is 11.6. The average molecular weight is 204 g/mol. The molecule has 0 amide bonds. The van der Waals surface area contributed by atoms with E-state index in [9.17, 15) is 4.79 Å². The van der Waals surface area contributed by atoms with E-state index in [0.717, 1.165) is 42.7 Å². The van der Waals surface area contributed by atoms with Crippen LogP contribution in [0, 0.1) is 0 Å². The van der Waals surface area contributed by atoms with Crippen molar-refractivity contribution in [1.82, 2.24) is 0 Å². The number of hydrogen-bond acceptors (Lipinski definition) is 2. The minimum atomic E-state index is 0.276. The van der Waals surface area contributed by atoms with Crippen molar-refractivity contribution in [3.63, 3.8) is 0 Å². The number of Topliss-reactive ketones (excluding diaryl/α,β-unsaturated/α-hetero) is 1. The SMILES string of the molecule is CCCOc1ccc2c(c1)CCCC2=O. The summed E-state index contributed by atoms with van der Waals surface area (Å²) >= 11 is 0. The number of rotatable bonds is 3. The monoisotopic (exact) mass is 204 g/mol. The number of carbonyl (C=O) groups is 1. The van der Waals surface area contributed by atoms with Crippen molar-refractivity contribution >= 4 is 5.78 Å². The molecule has 0 bridgehead atoms. The molecule has 1 aromatic carbocycles. The van der Waals surface area contributed by atoms with Crippen LogP contribution in [0.2, 0.25) is 0 Å². The molecule has 0 aliphatic heterocycles. The van der Waals surface area contributed by atoms with Crippen LogP contribution in [-0.4, -0.2) is 12.4 Å². The summed E-state index contributed by atoms with van der Waals surface area (Å²) in [7, 11) is 0. The first-order valence-electron chi connectivity index (χ1n) is 5.60. The maximum absolute atomic E-state index is 11.6. The van der Waals surface area contributed by atoms with Crippen molar-refractivity contribution in [2.45, 2.75) is 32.6 Å². The molecule has 2 nitrogen and oxygen atoms in total. The second-order valence-electron chi connectivity index (χ2n) is 3.94. The van der Waals surface area contributed by atoms with Crippen LogP contribution in [0.3, 0.4) is 0 Å². The van der Waals surface area contributed by atoms with E-state index >= 15 is 0 Å². The Morgan fingerprint density at radius 3 is 3.00 bits per heavy atom. The van der Waals surface area contributed by atoms with E-state index in [-0.39, 0.29) is 5.78 Å². The Bertz CT molecular complexity index is 369. The minimum Gasteiger partial charge on any atom is -0.494 e. The minimum absolute atomic E-state index is 0.276. The molecule has 0 unspecified atom stereocenters. The number of hydrogen-bond donors (Lipinski definition) is 0. The predicted molar refractivity (Wildman–Crippen MR) is 59.5 cm³/mol. The van der Waals surface area contributed by atoms with Crippen LogP contribution in [0.5, 0.6) is 5.75 Å². The third kappa shape index (κ3) is 2.20. The molecule has 2 rings (SSSR count). The molecular weight excluding hydrogens is 188 g/mol. The molecule has 0 radical (unpaired) electrons. The molecule has 1 aliphatic carbocycles. The topological polar surface area (TPSA) is 26.3 Å². The highest BCUT2D eigenvalue weighted by Crippen LogP contribution is 2.25. The van der Waals surface area contributed by atoms with E-state index in [4.69, 9.17) is 4.74 Å². The first-order valence-corrected chi connectivity index (χ1v) is 5.60. The fourth-order valence-corrected chi connectivity index (χ4v) is 1.93. The number of carbonyl (C=O) groups excluding carboxylic acids is 1.